The van der Waals surface area contributed by atoms with Gasteiger partial charge in [0, 0.05) is 0 Å². The summed E-state index contributed by atoms with van der Waals surface area (Å²) in [5.41, 5.74) is 0. The van der Waals surface area contributed by atoms with Gasteiger partial charge in [0.2, 0.25) is 0 Å². The van der Waals surface area contributed by atoms with Crippen molar-refractivity contribution in [2.45, 2.75) is 13.3 Å². The minimum absolute atomic E-state index is 0.227. The summed E-state index contributed by atoms with van der Waals surface area (Å²) in [7, 11) is 0. The maximum absolute atomic E-state index is 9.27. The van der Waals surface area contributed by atoms with Gasteiger partial charge in [0.15, 0.2) is 0 Å². The summed E-state index contributed by atoms with van der Waals surface area (Å²) in [6.45, 7) is 1.93. The van der Waals surface area contributed by atoms with Crippen LogP contribution in [0.2, 0.25) is 0 Å². The Morgan fingerprint density at radius 2 is 2.40 bits per heavy atom. The van der Waals surface area contributed by atoms with Gasteiger partial charge in [-0.1, -0.05) is 0 Å². The van der Waals surface area contributed by atoms with Gasteiger partial charge in [0.1, 0.15) is 0 Å². The van der Waals surface area contributed by atoms with Gasteiger partial charge in [-0.05, 0) is 0 Å². The van der Waals surface area contributed by atoms with E-state index in [1.54, 1.807) is 12.3 Å². The van der Waals surface area contributed by atoms with Gasteiger partial charge in [-0.25, -0.2) is 0 Å². The predicted octanol–water partition coefficient (Wildman–Crippen LogP) is 1.25. The summed E-state index contributed by atoms with van der Waals surface area (Å²) in [6, 6.07) is 1.69. The third-order valence-corrected chi connectivity index (χ3v) is 1.94. The normalized spacial score (nSPS) is 9.70. The van der Waals surface area contributed by atoms with Crippen molar-refractivity contribution >= 4 is 15.6 Å². The number of hydrogen-bond donors (Lipinski definition) is 1. The van der Waals surface area contributed by atoms with Crippen LogP contribution in [0.4, 0.5) is 0 Å². The van der Waals surface area contributed by atoms with E-state index in [1.165, 1.54) is 0 Å². The fraction of sp³-hybridized carbons (Fsp3) is 0.286. The average Bonchev–Trinajstić information content (AvgIpc) is 1.95. The van der Waals surface area contributed by atoms with E-state index in [0.717, 1.165) is 4.06 Å². The Bertz CT molecular complexity index is 277. The van der Waals surface area contributed by atoms with Crippen molar-refractivity contribution in [3.8, 4) is 5.75 Å². The van der Waals surface area contributed by atoms with Crippen LogP contribution in [0.25, 0.3) is 0 Å². The predicted molar refractivity (Wildman–Crippen MR) is 38.7 cm³/mol. The molecule has 1 aromatic rings. The van der Waals surface area contributed by atoms with Crippen LogP contribution >= 0.6 is 0 Å². The molecule has 0 aromatic carbocycles. The van der Waals surface area contributed by atoms with E-state index in [2.05, 4.69) is 15.6 Å². The molecule has 0 amide bonds. The molecule has 0 aliphatic rings. The molecule has 0 aliphatic heterocycles. The molecular weight excluding hydrogens is 195 g/mol. The van der Waals surface area contributed by atoms with Crippen molar-refractivity contribution in [2.75, 3.05) is 0 Å². The molecule has 0 atom stereocenters. The molecule has 3 heteroatoms. The van der Waals surface area contributed by atoms with E-state index in [-0.39, 0.29) is 5.75 Å². The molecule has 0 saturated carbocycles. The van der Waals surface area contributed by atoms with Gasteiger partial charge in [0.25, 0.3) is 0 Å². The first kappa shape index (κ1) is 7.58. The Hall–Kier alpha value is -0.531. The monoisotopic (exact) mass is 204 g/mol. The van der Waals surface area contributed by atoms with Gasteiger partial charge >= 0.3 is 66.3 Å². The van der Waals surface area contributed by atoms with Gasteiger partial charge < -0.3 is 0 Å². The van der Waals surface area contributed by atoms with Gasteiger partial charge in [-0.15, -0.1) is 0 Å². The summed E-state index contributed by atoms with van der Waals surface area (Å²) in [5.74, 6) is 0.848. The number of aromatic hydroxyl groups is 1. The Morgan fingerprint density at radius 3 is 2.90 bits per heavy atom. The van der Waals surface area contributed by atoms with Crippen LogP contribution in [0.15, 0.2) is 16.7 Å². The summed E-state index contributed by atoms with van der Waals surface area (Å²) < 4.78 is 5.76. The number of rotatable bonds is 1. The van der Waals surface area contributed by atoms with Gasteiger partial charge in [0.05, 0.1) is 0 Å². The zero-order chi connectivity index (χ0) is 7.56. The van der Waals surface area contributed by atoms with E-state index in [4.69, 9.17) is 4.42 Å². The fourth-order valence-electron chi connectivity index (χ4n) is 0.701. The second-order valence-corrected chi connectivity index (χ2v) is 2.83. The SMILES string of the molecule is CCc1occc(=[Se])c1O. The molecule has 0 fully saturated rings. The second kappa shape index (κ2) is 3.04. The molecule has 0 unspecified atom stereocenters. The Morgan fingerprint density at radius 1 is 1.70 bits per heavy atom. The molecule has 10 heavy (non-hydrogen) atoms. The third-order valence-electron chi connectivity index (χ3n) is 1.25. The van der Waals surface area contributed by atoms with Gasteiger partial charge in [-0.3, -0.25) is 0 Å². The first-order chi connectivity index (χ1) is 4.75. The van der Waals surface area contributed by atoms with E-state index in [0.29, 0.717) is 12.2 Å². The van der Waals surface area contributed by atoms with Crippen LogP contribution < -0.4 is 0 Å². The molecule has 54 valence electrons. The second-order valence-electron chi connectivity index (χ2n) is 1.91. The quantitative estimate of drug-likeness (QED) is 0.697. The standard InChI is InChI=1S/C7H8O2Se/c1-2-5-7(8)6(10)3-4-9-5/h3-4,8H,2H2,1H3. The zero-order valence-corrected chi connectivity index (χ0v) is 7.34. The van der Waals surface area contributed by atoms with E-state index < -0.39 is 0 Å². The van der Waals surface area contributed by atoms with Crippen LogP contribution in [0.1, 0.15) is 12.7 Å². The van der Waals surface area contributed by atoms with E-state index >= 15 is 0 Å². The van der Waals surface area contributed by atoms with Crippen molar-refractivity contribution in [3.05, 3.63) is 22.2 Å². The third kappa shape index (κ3) is 1.31. The molecule has 1 N–H and O–H groups in total. The van der Waals surface area contributed by atoms with E-state index in [1.807, 2.05) is 6.92 Å². The molecule has 0 spiro atoms. The Balaban J connectivity index is 3.28. The molecule has 0 saturated heterocycles. The van der Waals surface area contributed by atoms with E-state index in [9.17, 15) is 5.11 Å². The summed E-state index contributed by atoms with van der Waals surface area (Å²) >= 11 is 2.73. The molecule has 0 radical (unpaired) electrons. The first-order valence-corrected chi connectivity index (χ1v) is 3.91. The maximum atomic E-state index is 9.27. The van der Waals surface area contributed by atoms with Crippen molar-refractivity contribution in [2.24, 2.45) is 0 Å². The number of aryl methyl sites for hydroxylation is 1. The minimum atomic E-state index is 0.227. The zero-order valence-electron chi connectivity index (χ0n) is 5.63. The topological polar surface area (TPSA) is 33.4 Å². The van der Waals surface area contributed by atoms with Crippen LogP contribution in [0.3, 0.4) is 0 Å². The van der Waals surface area contributed by atoms with Gasteiger partial charge in [-0.2, -0.15) is 0 Å². The van der Waals surface area contributed by atoms with Crippen molar-refractivity contribution < 1.29 is 9.52 Å². The number of hydrogen-bond acceptors (Lipinski definition) is 2. The first-order valence-electron chi connectivity index (χ1n) is 3.05. The fourth-order valence-corrected chi connectivity index (χ4v) is 1.06. The van der Waals surface area contributed by atoms with Crippen LogP contribution in [0, 0.1) is 4.06 Å². The van der Waals surface area contributed by atoms with Crippen LogP contribution in [0.5, 0.6) is 5.75 Å². The molecular formula is C7H8O2Se. The molecule has 1 rings (SSSR count). The van der Waals surface area contributed by atoms with Crippen molar-refractivity contribution in [1.82, 2.24) is 0 Å². The van der Waals surface area contributed by atoms with Crippen LogP contribution in [-0.4, -0.2) is 20.7 Å². The van der Waals surface area contributed by atoms with Crippen molar-refractivity contribution in [3.63, 3.8) is 0 Å². The summed E-state index contributed by atoms with van der Waals surface area (Å²) in [5, 5.41) is 9.27. The Labute approximate surface area is 66.9 Å². The Kier molecular flexibility index (Phi) is 2.30. The molecule has 1 heterocycles. The molecule has 2 nitrogen and oxygen atoms in total. The molecule has 1 aromatic heterocycles. The molecule has 0 bridgehead atoms. The van der Waals surface area contributed by atoms with Crippen molar-refractivity contribution in [1.29, 1.82) is 0 Å². The van der Waals surface area contributed by atoms with Crippen LogP contribution in [-0.2, 0) is 6.42 Å². The average molecular weight is 203 g/mol. The summed E-state index contributed by atoms with van der Waals surface area (Å²) in [4.78, 5) is 0. The molecule has 0 aliphatic carbocycles. The summed E-state index contributed by atoms with van der Waals surface area (Å²) in [6.07, 6.45) is 2.27.